The van der Waals surface area contributed by atoms with Crippen molar-refractivity contribution in [3.63, 3.8) is 0 Å². The number of hydrogen-bond donors (Lipinski definition) is 1. The number of nitrogen functional groups attached to an aromatic ring is 1. The molecule has 0 amide bonds. The van der Waals surface area contributed by atoms with Crippen LogP contribution < -0.4 is 5.73 Å². The number of ether oxygens (including phenoxy) is 1. The van der Waals surface area contributed by atoms with Crippen molar-refractivity contribution in [1.82, 2.24) is 9.55 Å². The number of anilines is 1. The number of nitrogens with zero attached hydrogens (tertiary/aromatic N) is 3. The molecule has 0 aliphatic carbocycles. The van der Waals surface area contributed by atoms with E-state index in [-0.39, 0.29) is 16.9 Å². The number of hydrogen-bond acceptors (Lipinski definition) is 6. The first kappa shape index (κ1) is 16.6. The molecule has 0 aliphatic rings. The molecule has 2 aromatic heterocycles. The lowest BCUT2D eigenvalue weighted by Crippen LogP contribution is -2.11. The van der Waals surface area contributed by atoms with Crippen molar-refractivity contribution in [3.05, 3.63) is 41.5 Å². The van der Waals surface area contributed by atoms with Crippen LogP contribution in [0.3, 0.4) is 0 Å². The molecule has 0 fully saturated rings. The number of rotatable bonds is 5. The lowest BCUT2D eigenvalue weighted by molar-refractivity contribution is 0.0593. The highest BCUT2D eigenvalue weighted by atomic mass is 16.5. The molecule has 128 valence electrons. The van der Waals surface area contributed by atoms with E-state index in [9.17, 15) is 10.1 Å². The summed E-state index contributed by atoms with van der Waals surface area (Å²) < 4.78 is 12.1. The zero-order valence-corrected chi connectivity index (χ0v) is 14.1. The van der Waals surface area contributed by atoms with Gasteiger partial charge in [-0.15, -0.1) is 0 Å². The molecule has 25 heavy (non-hydrogen) atoms. The van der Waals surface area contributed by atoms with Gasteiger partial charge in [-0.1, -0.05) is 13.3 Å². The monoisotopic (exact) mass is 338 g/mol. The van der Waals surface area contributed by atoms with Crippen LogP contribution in [-0.4, -0.2) is 22.6 Å². The number of fused-ring (bicyclic) bond motifs is 1. The molecule has 0 spiro atoms. The van der Waals surface area contributed by atoms with Gasteiger partial charge < -0.3 is 19.5 Å². The molecule has 3 rings (SSSR count). The van der Waals surface area contributed by atoms with Gasteiger partial charge in [0.1, 0.15) is 11.6 Å². The molecule has 3 aromatic rings. The Morgan fingerprint density at radius 1 is 1.48 bits per heavy atom. The number of esters is 1. The van der Waals surface area contributed by atoms with Crippen molar-refractivity contribution >= 4 is 22.8 Å². The number of nitriles is 1. The van der Waals surface area contributed by atoms with Gasteiger partial charge >= 0.3 is 5.97 Å². The van der Waals surface area contributed by atoms with Gasteiger partial charge in [-0.05, 0) is 24.6 Å². The van der Waals surface area contributed by atoms with Crippen LogP contribution in [0.4, 0.5) is 5.69 Å². The number of unbranched alkanes of at least 4 members (excludes halogenated alkanes) is 1. The van der Waals surface area contributed by atoms with E-state index in [1.165, 1.54) is 13.3 Å². The highest BCUT2D eigenvalue weighted by Gasteiger charge is 2.22. The molecule has 0 aliphatic heterocycles. The molecule has 1 aromatic carbocycles. The summed E-state index contributed by atoms with van der Waals surface area (Å²) in [5, 5.41) is 9.19. The van der Waals surface area contributed by atoms with E-state index in [0.29, 0.717) is 22.7 Å². The van der Waals surface area contributed by atoms with Crippen molar-refractivity contribution < 1.29 is 13.9 Å². The van der Waals surface area contributed by atoms with Crippen LogP contribution >= 0.6 is 0 Å². The Hall–Kier alpha value is -3.27. The fourth-order valence-electron chi connectivity index (χ4n) is 2.67. The first-order valence-corrected chi connectivity index (χ1v) is 7.98. The van der Waals surface area contributed by atoms with E-state index < -0.39 is 5.97 Å². The van der Waals surface area contributed by atoms with Crippen LogP contribution in [0.25, 0.3) is 16.8 Å². The topological polar surface area (TPSA) is 107 Å². The highest BCUT2D eigenvalue weighted by molar-refractivity contribution is 5.96. The number of benzene rings is 1. The van der Waals surface area contributed by atoms with Gasteiger partial charge in [0.2, 0.25) is 0 Å². The Kier molecular flexibility index (Phi) is 4.44. The van der Waals surface area contributed by atoms with Crippen LogP contribution in [0, 0.1) is 11.3 Å². The number of carbonyl (C=O) groups excluding carboxylic acids is 1. The van der Waals surface area contributed by atoms with Crippen molar-refractivity contribution in [1.29, 1.82) is 5.26 Å². The summed E-state index contributed by atoms with van der Waals surface area (Å²) in [4.78, 5) is 16.6. The molecule has 0 unspecified atom stereocenters. The summed E-state index contributed by atoms with van der Waals surface area (Å²) in [6, 6.07) is 7.34. The molecule has 0 atom stereocenters. The Morgan fingerprint density at radius 2 is 2.28 bits per heavy atom. The average Bonchev–Trinajstić information content (AvgIpc) is 3.18. The predicted molar refractivity (Wildman–Crippen MR) is 92.4 cm³/mol. The Balaban J connectivity index is 2.10. The summed E-state index contributed by atoms with van der Waals surface area (Å²) in [6.07, 6.45) is 4.36. The van der Waals surface area contributed by atoms with E-state index in [2.05, 4.69) is 11.9 Å². The van der Waals surface area contributed by atoms with Gasteiger partial charge in [-0.2, -0.15) is 5.26 Å². The predicted octanol–water partition coefficient (Wildman–Crippen LogP) is 3.20. The van der Waals surface area contributed by atoms with Gasteiger partial charge in [0, 0.05) is 18.3 Å². The van der Waals surface area contributed by atoms with Gasteiger partial charge in [-0.25, -0.2) is 9.78 Å². The fraction of sp³-hybridized carbons (Fsp3) is 0.278. The van der Waals surface area contributed by atoms with Gasteiger partial charge in [-0.3, -0.25) is 0 Å². The second kappa shape index (κ2) is 6.69. The number of aromatic nitrogens is 2. The fourth-order valence-corrected chi connectivity index (χ4v) is 2.67. The van der Waals surface area contributed by atoms with Crippen LogP contribution in [0.2, 0.25) is 0 Å². The first-order valence-electron chi connectivity index (χ1n) is 7.98. The summed E-state index contributed by atoms with van der Waals surface area (Å²) in [6.45, 7) is 2.11. The first-order chi connectivity index (χ1) is 12.1. The van der Waals surface area contributed by atoms with Crippen molar-refractivity contribution in [2.24, 2.45) is 0 Å². The number of oxazole rings is 1. The molecule has 7 nitrogen and oxygen atoms in total. The Morgan fingerprint density at radius 3 is 2.96 bits per heavy atom. The third kappa shape index (κ3) is 2.94. The quantitative estimate of drug-likeness (QED) is 0.716. The van der Waals surface area contributed by atoms with Gasteiger partial charge in [0.05, 0.1) is 18.4 Å². The van der Waals surface area contributed by atoms with Crippen molar-refractivity contribution in [2.75, 3.05) is 12.8 Å². The molecule has 7 heteroatoms. The standard InChI is InChI=1S/C18H18N4O3/c1-3-4-5-15-21-13-8-12(6-7-14(13)25-15)22-10-11(9-19)16(20)17(22)18(23)24-2/h6-8,10H,3-5,20H2,1-2H3. The largest absolute Gasteiger partial charge is 0.464 e. The van der Waals surface area contributed by atoms with E-state index in [0.717, 1.165) is 19.3 Å². The second-order valence-corrected chi connectivity index (χ2v) is 5.64. The molecule has 0 radical (unpaired) electrons. The zero-order chi connectivity index (χ0) is 18.0. The third-order valence-corrected chi connectivity index (χ3v) is 3.98. The summed E-state index contributed by atoms with van der Waals surface area (Å²) in [5.74, 6) is 0.0785. The van der Waals surface area contributed by atoms with Crippen LogP contribution in [0.5, 0.6) is 0 Å². The lowest BCUT2D eigenvalue weighted by atomic mass is 10.2. The van der Waals surface area contributed by atoms with Gasteiger partial charge in [0.15, 0.2) is 17.2 Å². The molecule has 0 bridgehead atoms. The van der Waals surface area contributed by atoms with Crippen molar-refractivity contribution in [3.8, 4) is 11.8 Å². The van der Waals surface area contributed by atoms with Crippen LogP contribution in [0.15, 0.2) is 28.8 Å². The van der Waals surface area contributed by atoms with E-state index in [1.807, 2.05) is 6.07 Å². The number of aryl methyl sites for hydroxylation is 1. The minimum atomic E-state index is -0.608. The second-order valence-electron chi connectivity index (χ2n) is 5.64. The Labute approximate surface area is 144 Å². The molecular formula is C18H18N4O3. The molecule has 0 saturated carbocycles. The highest BCUT2D eigenvalue weighted by Crippen LogP contribution is 2.27. The van der Waals surface area contributed by atoms with Gasteiger partial charge in [0.25, 0.3) is 0 Å². The van der Waals surface area contributed by atoms with E-state index >= 15 is 0 Å². The molecule has 0 saturated heterocycles. The maximum Gasteiger partial charge on any atom is 0.357 e. The molecule has 2 heterocycles. The van der Waals surface area contributed by atoms with Crippen LogP contribution in [-0.2, 0) is 11.2 Å². The normalized spacial score (nSPS) is 10.8. The maximum absolute atomic E-state index is 12.1. The summed E-state index contributed by atoms with van der Waals surface area (Å²) >= 11 is 0. The zero-order valence-electron chi connectivity index (χ0n) is 14.1. The Bertz CT molecular complexity index is 978. The average molecular weight is 338 g/mol. The smallest absolute Gasteiger partial charge is 0.357 e. The van der Waals surface area contributed by atoms with E-state index in [1.54, 1.807) is 22.8 Å². The summed E-state index contributed by atoms with van der Waals surface area (Å²) in [5.41, 5.74) is 8.36. The molecular weight excluding hydrogens is 320 g/mol. The number of methoxy groups -OCH3 is 1. The molecule has 2 N–H and O–H groups in total. The minimum absolute atomic E-state index is 0.0956. The number of carbonyl (C=O) groups is 1. The SMILES string of the molecule is CCCCc1nc2cc(-n3cc(C#N)c(N)c3C(=O)OC)ccc2o1. The third-order valence-electron chi connectivity index (χ3n) is 3.98. The number of nitrogens with two attached hydrogens (primary N) is 1. The summed E-state index contributed by atoms with van der Waals surface area (Å²) in [7, 11) is 1.27. The lowest BCUT2D eigenvalue weighted by Gasteiger charge is -2.08. The van der Waals surface area contributed by atoms with E-state index in [4.69, 9.17) is 14.9 Å². The van der Waals surface area contributed by atoms with Crippen molar-refractivity contribution in [2.45, 2.75) is 26.2 Å². The minimum Gasteiger partial charge on any atom is -0.464 e. The maximum atomic E-state index is 12.1. The van der Waals surface area contributed by atoms with Crippen LogP contribution in [0.1, 0.15) is 41.7 Å².